The van der Waals surface area contributed by atoms with Gasteiger partial charge in [0.05, 0.1) is 0 Å². The molecule has 0 aromatic rings. The highest BCUT2D eigenvalue weighted by Gasteiger charge is 2.28. The Morgan fingerprint density at radius 3 is 2.65 bits per heavy atom. The lowest BCUT2D eigenvalue weighted by atomic mass is 10.1. The molecule has 1 rings (SSSR count). The third-order valence-corrected chi connectivity index (χ3v) is 3.91. The van der Waals surface area contributed by atoms with Crippen molar-refractivity contribution in [3.63, 3.8) is 0 Å². The fourth-order valence-electron chi connectivity index (χ4n) is 2.78. The van der Waals surface area contributed by atoms with Gasteiger partial charge in [-0.1, -0.05) is 33.1 Å². The number of carboxylic acids is 1. The van der Waals surface area contributed by atoms with Crippen LogP contribution in [0.3, 0.4) is 0 Å². The van der Waals surface area contributed by atoms with E-state index in [2.05, 4.69) is 19.2 Å². The average molecular weight is 284 g/mol. The molecular weight excluding hydrogens is 256 g/mol. The number of rotatable bonds is 8. The monoisotopic (exact) mass is 284 g/mol. The number of hydrogen-bond donors (Lipinski definition) is 2. The molecule has 5 nitrogen and oxygen atoms in total. The van der Waals surface area contributed by atoms with Gasteiger partial charge in [-0.25, -0.2) is 4.79 Å². The van der Waals surface area contributed by atoms with Crippen LogP contribution in [0.5, 0.6) is 0 Å². The largest absolute Gasteiger partial charge is 0.481 e. The Balaban J connectivity index is 2.38. The molecule has 1 fully saturated rings. The van der Waals surface area contributed by atoms with Gasteiger partial charge >= 0.3 is 12.0 Å². The zero-order valence-corrected chi connectivity index (χ0v) is 12.7. The van der Waals surface area contributed by atoms with Crippen LogP contribution in [-0.2, 0) is 4.79 Å². The summed E-state index contributed by atoms with van der Waals surface area (Å²) < 4.78 is 0. The number of unbranched alkanes of at least 4 members (excludes halogenated alkanes) is 1. The molecule has 0 radical (unpaired) electrons. The molecule has 2 atom stereocenters. The SMILES string of the molecule is CCCCC(CCC)NC(=O)N1CCC(CC(=O)O)C1. The van der Waals surface area contributed by atoms with Crippen LogP contribution in [0.25, 0.3) is 0 Å². The number of hydrogen-bond acceptors (Lipinski definition) is 2. The van der Waals surface area contributed by atoms with E-state index < -0.39 is 5.97 Å². The maximum atomic E-state index is 12.2. The van der Waals surface area contributed by atoms with Gasteiger partial charge in [0.2, 0.25) is 0 Å². The van der Waals surface area contributed by atoms with Gasteiger partial charge in [0.15, 0.2) is 0 Å². The maximum Gasteiger partial charge on any atom is 0.317 e. The molecule has 2 amide bonds. The molecule has 0 aliphatic carbocycles. The summed E-state index contributed by atoms with van der Waals surface area (Å²) >= 11 is 0. The predicted octanol–water partition coefficient (Wildman–Crippen LogP) is 2.85. The topological polar surface area (TPSA) is 69.6 Å². The number of carbonyl (C=O) groups is 2. The molecule has 0 saturated carbocycles. The number of urea groups is 1. The molecule has 0 spiro atoms. The highest BCUT2D eigenvalue weighted by molar-refractivity contribution is 5.75. The summed E-state index contributed by atoms with van der Waals surface area (Å²) in [4.78, 5) is 24.7. The second-order valence-corrected chi connectivity index (χ2v) is 5.78. The van der Waals surface area contributed by atoms with Gasteiger partial charge in [0, 0.05) is 25.6 Å². The first-order chi connectivity index (χ1) is 9.56. The molecule has 2 N–H and O–H groups in total. The van der Waals surface area contributed by atoms with Gasteiger partial charge in [0.1, 0.15) is 0 Å². The minimum absolute atomic E-state index is 0.0209. The van der Waals surface area contributed by atoms with Gasteiger partial charge in [-0.15, -0.1) is 0 Å². The van der Waals surface area contributed by atoms with Gasteiger partial charge in [-0.3, -0.25) is 4.79 Å². The zero-order chi connectivity index (χ0) is 15.0. The van der Waals surface area contributed by atoms with Crippen LogP contribution in [0.2, 0.25) is 0 Å². The van der Waals surface area contributed by atoms with Gasteiger partial charge in [-0.2, -0.15) is 0 Å². The Labute approximate surface area is 121 Å². The van der Waals surface area contributed by atoms with E-state index in [1.165, 1.54) is 0 Å². The van der Waals surface area contributed by atoms with Gasteiger partial charge in [-0.05, 0) is 25.2 Å². The first-order valence-corrected chi connectivity index (χ1v) is 7.84. The molecule has 0 aromatic carbocycles. The van der Waals surface area contributed by atoms with E-state index in [9.17, 15) is 9.59 Å². The lowest BCUT2D eigenvalue weighted by Crippen LogP contribution is -2.44. The van der Waals surface area contributed by atoms with Crippen LogP contribution in [0.1, 0.15) is 58.8 Å². The maximum absolute atomic E-state index is 12.2. The number of carboxylic acid groups (broad SMARTS) is 1. The average Bonchev–Trinajstić information content (AvgIpc) is 2.83. The molecule has 20 heavy (non-hydrogen) atoms. The van der Waals surface area contributed by atoms with Crippen molar-refractivity contribution in [2.45, 2.75) is 64.8 Å². The van der Waals surface area contributed by atoms with Crippen LogP contribution in [-0.4, -0.2) is 41.1 Å². The molecule has 1 aliphatic heterocycles. The summed E-state index contributed by atoms with van der Waals surface area (Å²) in [7, 11) is 0. The third kappa shape index (κ3) is 5.80. The Morgan fingerprint density at radius 2 is 2.05 bits per heavy atom. The number of amides is 2. The number of nitrogens with one attached hydrogen (secondary N) is 1. The molecule has 1 heterocycles. The Morgan fingerprint density at radius 1 is 1.30 bits per heavy atom. The molecule has 2 unspecified atom stereocenters. The van der Waals surface area contributed by atoms with E-state index in [4.69, 9.17) is 5.11 Å². The summed E-state index contributed by atoms with van der Waals surface area (Å²) in [6, 6.07) is 0.235. The fraction of sp³-hybridized carbons (Fsp3) is 0.867. The molecule has 0 aromatic heterocycles. The molecule has 1 aliphatic rings. The van der Waals surface area contributed by atoms with Crippen molar-refractivity contribution >= 4 is 12.0 Å². The van der Waals surface area contributed by atoms with Crippen LogP contribution in [0, 0.1) is 5.92 Å². The molecular formula is C15H28N2O3. The number of nitrogens with zero attached hydrogens (tertiary/aromatic N) is 1. The second kappa shape index (κ2) is 8.82. The first-order valence-electron chi connectivity index (χ1n) is 7.84. The highest BCUT2D eigenvalue weighted by atomic mass is 16.4. The van der Waals surface area contributed by atoms with E-state index in [1.54, 1.807) is 4.90 Å². The normalized spacial score (nSPS) is 19.9. The van der Waals surface area contributed by atoms with Crippen molar-refractivity contribution in [2.24, 2.45) is 5.92 Å². The Kier molecular flexibility index (Phi) is 7.41. The van der Waals surface area contributed by atoms with Crippen molar-refractivity contribution in [1.29, 1.82) is 0 Å². The first kappa shape index (κ1) is 16.8. The third-order valence-electron chi connectivity index (χ3n) is 3.91. The molecule has 116 valence electrons. The van der Waals surface area contributed by atoms with E-state index in [0.29, 0.717) is 13.1 Å². The summed E-state index contributed by atoms with van der Waals surface area (Å²) in [6.45, 7) is 5.53. The van der Waals surface area contributed by atoms with E-state index >= 15 is 0 Å². The minimum Gasteiger partial charge on any atom is -0.481 e. The summed E-state index contributed by atoms with van der Waals surface area (Å²) in [5.74, 6) is -0.664. The van der Waals surface area contributed by atoms with E-state index in [0.717, 1.165) is 38.5 Å². The van der Waals surface area contributed by atoms with Crippen LogP contribution < -0.4 is 5.32 Å². The standard InChI is InChI=1S/C15H28N2O3/c1-3-5-7-13(6-4-2)16-15(20)17-9-8-12(11-17)10-14(18)19/h12-13H,3-11H2,1-2H3,(H,16,20)(H,18,19). The number of aliphatic carboxylic acids is 1. The smallest absolute Gasteiger partial charge is 0.317 e. The van der Waals surface area contributed by atoms with Crippen LogP contribution in [0.4, 0.5) is 4.79 Å². The lowest BCUT2D eigenvalue weighted by Gasteiger charge is -2.23. The van der Waals surface area contributed by atoms with E-state index in [-0.39, 0.29) is 24.4 Å². The second-order valence-electron chi connectivity index (χ2n) is 5.78. The fourth-order valence-corrected chi connectivity index (χ4v) is 2.78. The van der Waals surface area contributed by atoms with Gasteiger partial charge < -0.3 is 15.3 Å². The predicted molar refractivity (Wildman–Crippen MR) is 78.7 cm³/mol. The molecule has 0 bridgehead atoms. The van der Waals surface area contributed by atoms with Crippen molar-refractivity contribution < 1.29 is 14.7 Å². The zero-order valence-electron chi connectivity index (χ0n) is 12.7. The quantitative estimate of drug-likeness (QED) is 0.720. The van der Waals surface area contributed by atoms with Crippen LogP contribution >= 0.6 is 0 Å². The highest BCUT2D eigenvalue weighted by Crippen LogP contribution is 2.20. The Bertz CT molecular complexity index is 320. The number of carbonyl (C=O) groups excluding carboxylic acids is 1. The summed E-state index contributed by atoms with van der Waals surface area (Å²) in [6.07, 6.45) is 6.34. The van der Waals surface area contributed by atoms with Crippen LogP contribution in [0.15, 0.2) is 0 Å². The van der Waals surface area contributed by atoms with Crippen molar-refractivity contribution in [3.05, 3.63) is 0 Å². The Hall–Kier alpha value is -1.26. The summed E-state index contributed by atoms with van der Waals surface area (Å²) in [5.41, 5.74) is 0. The minimum atomic E-state index is -0.774. The molecule has 1 saturated heterocycles. The van der Waals surface area contributed by atoms with Gasteiger partial charge in [0.25, 0.3) is 0 Å². The summed E-state index contributed by atoms with van der Waals surface area (Å²) in [5, 5.41) is 11.9. The van der Waals surface area contributed by atoms with Crippen molar-refractivity contribution in [3.8, 4) is 0 Å². The van der Waals surface area contributed by atoms with E-state index in [1.807, 2.05) is 0 Å². The molecule has 5 heteroatoms. The van der Waals surface area contributed by atoms with Crippen molar-refractivity contribution in [2.75, 3.05) is 13.1 Å². The number of likely N-dealkylation sites (tertiary alicyclic amines) is 1. The van der Waals surface area contributed by atoms with Crippen molar-refractivity contribution in [1.82, 2.24) is 10.2 Å². The lowest BCUT2D eigenvalue weighted by molar-refractivity contribution is -0.138.